The van der Waals surface area contributed by atoms with Gasteiger partial charge in [-0.1, -0.05) is 6.92 Å². The molecule has 0 aromatic rings. The first-order chi connectivity index (χ1) is 9.45. The molecule has 2 saturated heterocycles. The Kier molecular flexibility index (Phi) is 5.04. The Morgan fingerprint density at radius 2 is 1.75 bits per heavy atom. The minimum Gasteiger partial charge on any atom is -0.469 e. The summed E-state index contributed by atoms with van der Waals surface area (Å²) in [5.41, 5.74) is 0. The van der Waals surface area contributed by atoms with Gasteiger partial charge in [-0.15, -0.1) is 0 Å². The van der Waals surface area contributed by atoms with Crippen LogP contribution in [0.3, 0.4) is 0 Å². The van der Waals surface area contributed by atoms with E-state index in [0.29, 0.717) is 38.4 Å². The van der Waals surface area contributed by atoms with Gasteiger partial charge in [0.05, 0.1) is 13.0 Å². The highest BCUT2D eigenvalue weighted by Gasteiger charge is 2.37. The van der Waals surface area contributed by atoms with Crippen molar-refractivity contribution in [1.29, 1.82) is 0 Å². The van der Waals surface area contributed by atoms with E-state index in [4.69, 9.17) is 4.74 Å². The molecule has 2 aliphatic rings. The second kappa shape index (κ2) is 6.41. The molecule has 0 saturated carbocycles. The van der Waals surface area contributed by atoms with Gasteiger partial charge < -0.3 is 4.74 Å². The largest absolute Gasteiger partial charge is 0.469 e. The molecular weight excluding hydrogens is 280 g/mol. The van der Waals surface area contributed by atoms with Crippen molar-refractivity contribution in [2.24, 2.45) is 11.8 Å². The average molecular weight is 304 g/mol. The number of rotatable bonds is 3. The van der Waals surface area contributed by atoms with Crippen LogP contribution in [0.5, 0.6) is 0 Å². The molecule has 2 fully saturated rings. The molecule has 0 aromatic heterocycles. The maximum atomic E-state index is 12.6. The number of methoxy groups -OCH3 is 1. The molecule has 2 heterocycles. The maximum absolute atomic E-state index is 12.6. The van der Waals surface area contributed by atoms with Crippen LogP contribution >= 0.6 is 0 Å². The van der Waals surface area contributed by atoms with Gasteiger partial charge in [0.2, 0.25) is 0 Å². The van der Waals surface area contributed by atoms with Crippen molar-refractivity contribution in [2.75, 3.05) is 33.3 Å². The predicted octanol–water partition coefficient (Wildman–Crippen LogP) is 0.848. The van der Waals surface area contributed by atoms with Gasteiger partial charge in [-0.2, -0.15) is 17.0 Å². The van der Waals surface area contributed by atoms with Crippen LogP contribution < -0.4 is 0 Å². The Labute approximate surface area is 121 Å². The highest BCUT2D eigenvalue weighted by atomic mass is 32.2. The fraction of sp³-hybridized carbons (Fsp3) is 0.923. The van der Waals surface area contributed by atoms with Crippen LogP contribution in [0, 0.1) is 11.8 Å². The molecule has 0 bridgehead atoms. The minimum absolute atomic E-state index is 0.251. The number of hydrogen-bond donors (Lipinski definition) is 0. The molecule has 0 spiro atoms. The molecule has 7 heteroatoms. The third kappa shape index (κ3) is 3.32. The van der Waals surface area contributed by atoms with Crippen molar-refractivity contribution in [3.8, 4) is 0 Å². The number of piperidine rings is 2. The molecule has 6 nitrogen and oxygen atoms in total. The van der Waals surface area contributed by atoms with Crippen LogP contribution in [0.2, 0.25) is 0 Å². The molecule has 0 aromatic carbocycles. The second-order valence-electron chi connectivity index (χ2n) is 5.81. The summed E-state index contributed by atoms with van der Waals surface area (Å²) in [4.78, 5) is 11.6. The van der Waals surface area contributed by atoms with Gasteiger partial charge in [-0.05, 0) is 31.6 Å². The Morgan fingerprint density at radius 3 is 2.35 bits per heavy atom. The van der Waals surface area contributed by atoms with Crippen LogP contribution in [-0.4, -0.2) is 56.3 Å². The molecule has 1 unspecified atom stereocenters. The van der Waals surface area contributed by atoms with Crippen molar-refractivity contribution in [2.45, 2.75) is 32.6 Å². The number of esters is 1. The van der Waals surface area contributed by atoms with E-state index in [1.165, 1.54) is 11.4 Å². The van der Waals surface area contributed by atoms with Crippen molar-refractivity contribution in [1.82, 2.24) is 8.61 Å². The highest BCUT2D eigenvalue weighted by Crippen LogP contribution is 2.25. The lowest BCUT2D eigenvalue weighted by molar-refractivity contribution is -0.146. The fourth-order valence-corrected chi connectivity index (χ4v) is 4.62. The number of hydrogen-bond acceptors (Lipinski definition) is 4. The summed E-state index contributed by atoms with van der Waals surface area (Å²) in [6.45, 7) is 4.08. The summed E-state index contributed by atoms with van der Waals surface area (Å²) in [5.74, 6) is -0.0463. The lowest BCUT2D eigenvalue weighted by Crippen LogP contribution is -2.51. The molecule has 0 N–H and O–H groups in total. The lowest BCUT2D eigenvalue weighted by atomic mass is 10.0. The van der Waals surface area contributed by atoms with Gasteiger partial charge in [0.1, 0.15) is 0 Å². The molecule has 1 atom stereocenters. The van der Waals surface area contributed by atoms with E-state index in [1.807, 2.05) is 0 Å². The third-order valence-electron chi connectivity index (χ3n) is 4.31. The van der Waals surface area contributed by atoms with Crippen LogP contribution in [0.15, 0.2) is 0 Å². The van der Waals surface area contributed by atoms with E-state index in [9.17, 15) is 13.2 Å². The second-order valence-corrected chi connectivity index (χ2v) is 7.74. The molecule has 0 radical (unpaired) electrons. The van der Waals surface area contributed by atoms with Crippen LogP contribution in [-0.2, 0) is 19.7 Å². The number of carbonyl (C=O) groups is 1. The average Bonchev–Trinajstić information content (AvgIpc) is 2.47. The number of nitrogens with zero attached hydrogens (tertiary/aromatic N) is 2. The zero-order valence-corrected chi connectivity index (χ0v) is 13.1. The summed E-state index contributed by atoms with van der Waals surface area (Å²) in [7, 11) is -2.08. The van der Waals surface area contributed by atoms with E-state index in [2.05, 4.69) is 6.92 Å². The van der Waals surface area contributed by atoms with E-state index in [0.717, 1.165) is 12.8 Å². The first-order valence-electron chi connectivity index (χ1n) is 7.28. The van der Waals surface area contributed by atoms with Crippen molar-refractivity contribution in [3.05, 3.63) is 0 Å². The Balaban J connectivity index is 2.03. The van der Waals surface area contributed by atoms with Gasteiger partial charge in [0.15, 0.2) is 0 Å². The zero-order valence-electron chi connectivity index (χ0n) is 12.2. The Bertz CT molecular complexity index is 443. The topological polar surface area (TPSA) is 66.9 Å². The maximum Gasteiger partial charge on any atom is 0.309 e. The standard InChI is InChI=1S/C13H24N2O4S/c1-11-5-8-14(9-6-11)20(17,18)15-7-3-4-12(10-15)13(16)19-2/h11-12H,3-10H2,1-2H3. The molecule has 2 rings (SSSR count). The molecule has 116 valence electrons. The van der Waals surface area contributed by atoms with Gasteiger partial charge in [0.25, 0.3) is 10.2 Å². The summed E-state index contributed by atoms with van der Waals surface area (Å²) in [5, 5.41) is 0. The molecule has 20 heavy (non-hydrogen) atoms. The quantitative estimate of drug-likeness (QED) is 0.725. The summed E-state index contributed by atoms with van der Waals surface area (Å²) >= 11 is 0. The van der Waals surface area contributed by atoms with E-state index in [1.54, 1.807) is 4.31 Å². The van der Waals surface area contributed by atoms with E-state index >= 15 is 0 Å². The molecule has 0 amide bonds. The molecule has 2 aliphatic heterocycles. The summed E-state index contributed by atoms with van der Waals surface area (Å²) < 4.78 is 33.0. The number of ether oxygens (including phenoxy) is 1. The van der Waals surface area contributed by atoms with Gasteiger partial charge >= 0.3 is 5.97 Å². The van der Waals surface area contributed by atoms with Gasteiger partial charge in [-0.3, -0.25) is 4.79 Å². The molecular formula is C13H24N2O4S. The van der Waals surface area contributed by atoms with Gasteiger partial charge in [0, 0.05) is 26.2 Å². The highest BCUT2D eigenvalue weighted by molar-refractivity contribution is 7.86. The Morgan fingerprint density at radius 1 is 1.10 bits per heavy atom. The van der Waals surface area contributed by atoms with Crippen LogP contribution in [0.25, 0.3) is 0 Å². The van der Waals surface area contributed by atoms with E-state index < -0.39 is 10.2 Å². The third-order valence-corrected chi connectivity index (χ3v) is 6.32. The predicted molar refractivity (Wildman–Crippen MR) is 75.2 cm³/mol. The normalized spacial score (nSPS) is 27.4. The van der Waals surface area contributed by atoms with E-state index in [-0.39, 0.29) is 18.4 Å². The first kappa shape index (κ1) is 15.7. The lowest BCUT2D eigenvalue weighted by Gasteiger charge is -2.37. The molecule has 0 aliphatic carbocycles. The number of carbonyl (C=O) groups excluding carboxylic acids is 1. The van der Waals surface area contributed by atoms with Crippen molar-refractivity contribution >= 4 is 16.2 Å². The summed E-state index contributed by atoms with van der Waals surface area (Å²) in [6, 6.07) is 0. The van der Waals surface area contributed by atoms with Crippen molar-refractivity contribution < 1.29 is 17.9 Å². The van der Waals surface area contributed by atoms with Crippen LogP contribution in [0.4, 0.5) is 0 Å². The first-order valence-corrected chi connectivity index (χ1v) is 8.68. The zero-order chi connectivity index (χ0) is 14.8. The van der Waals surface area contributed by atoms with Crippen molar-refractivity contribution in [3.63, 3.8) is 0 Å². The SMILES string of the molecule is COC(=O)C1CCCN(S(=O)(=O)N2CCC(C)CC2)C1. The minimum atomic E-state index is -3.42. The van der Waals surface area contributed by atoms with Gasteiger partial charge in [-0.25, -0.2) is 0 Å². The monoisotopic (exact) mass is 304 g/mol. The Hall–Kier alpha value is -0.660. The van der Waals surface area contributed by atoms with Crippen LogP contribution in [0.1, 0.15) is 32.6 Å². The summed E-state index contributed by atoms with van der Waals surface area (Å²) in [6.07, 6.45) is 3.24. The smallest absolute Gasteiger partial charge is 0.309 e. The fourth-order valence-electron chi connectivity index (χ4n) is 2.89.